The van der Waals surface area contributed by atoms with E-state index in [0.29, 0.717) is 12.1 Å². The number of hydrogen-bond donors (Lipinski definition) is 1. The van der Waals surface area contributed by atoms with Gasteiger partial charge in [0.2, 0.25) is 5.91 Å². The van der Waals surface area contributed by atoms with Gasteiger partial charge in [0.1, 0.15) is 6.04 Å². The summed E-state index contributed by atoms with van der Waals surface area (Å²) in [5.74, 6) is -0.0790. The van der Waals surface area contributed by atoms with Crippen LogP contribution in [0.4, 0.5) is 11.4 Å². The van der Waals surface area contributed by atoms with Gasteiger partial charge >= 0.3 is 0 Å². The third-order valence-corrected chi connectivity index (χ3v) is 6.12. The lowest BCUT2D eigenvalue weighted by Gasteiger charge is -2.38. The zero-order valence-electron chi connectivity index (χ0n) is 19.4. The van der Waals surface area contributed by atoms with E-state index in [0.717, 1.165) is 46.7 Å². The summed E-state index contributed by atoms with van der Waals surface area (Å²) in [6.45, 7) is 4.44. The number of ether oxygens (including phenoxy) is 1. The van der Waals surface area contributed by atoms with Crippen molar-refractivity contribution in [1.82, 2.24) is 14.8 Å². The highest BCUT2D eigenvalue weighted by atomic mass is 16.5. The smallest absolute Gasteiger partial charge is 0.249 e. The molecule has 0 unspecified atom stereocenters. The SMILES string of the molecule is CO[C@H](C)[C@H]1C(=O)Nc2c(cc(CCc3cnn(Cc4cccc(C#N)c4)c3)nc2C)N1C. The molecule has 1 aromatic carbocycles. The maximum Gasteiger partial charge on any atom is 0.249 e. The van der Waals surface area contributed by atoms with E-state index < -0.39 is 6.04 Å². The van der Waals surface area contributed by atoms with Crippen LogP contribution in [0.1, 0.15) is 35.0 Å². The summed E-state index contributed by atoms with van der Waals surface area (Å²) in [6.07, 6.45) is 5.24. The van der Waals surface area contributed by atoms with Gasteiger partial charge in [0.15, 0.2) is 0 Å². The monoisotopic (exact) mass is 444 g/mol. The zero-order chi connectivity index (χ0) is 23.5. The van der Waals surface area contributed by atoms with Crippen molar-refractivity contribution in [2.24, 2.45) is 0 Å². The number of methoxy groups -OCH3 is 1. The Morgan fingerprint density at radius 3 is 2.85 bits per heavy atom. The van der Waals surface area contributed by atoms with E-state index in [9.17, 15) is 4.79 Å². The predicted octanol–water partition coefficient (Wildman–Crippen LogP) is 3.08. The molecular formula is C25H28N6O2. The van der Waals surface area contributed by atoms with E-state index in [1.165, 1.54) is 0 Å². The molecule has 170 valence electrons. The zero-order valence-corrected chi connectivity index (χ0v) is 19.4. The number of amides is 1. The van der Waals surface area contributed by atoms with Crippen LogP contribution in [0.15, 0.2) is 42.7 Å². The van der Waals surface area contributed by atoms with Crippen molar-refractivity contribution >= 4 is 17.3 Å². The minimum atomic E-state index is -0.394. The Kier molecular flexibility index (Phi) is 6.43. The van der Waals surface area contributed by atoms with Gasteiger partial charge < -0.3 is 15.0 Å². The van der Waals surface area contributed by atoms with Gasteiger partial charge in [-0.1, -0.05) is 12.1 Å². The average molecular weight is 445 g/mol. The van der Waals surface area contributed by atoms with Crippen molar-refractivity contribution in [1.29, 1.82) is 5.26 Å². The van der Waals surface area contributed by atoms with Crippen LogP contribution >= 0.6 is 0 Å². The quantitative estimate of drug-likeness (QED) is 0.602. The normalized spacial score (nSPS) is 16.2. The second-order valence-electron chi connectivity index (χ2n) is 8.44. The van der Waals surface area contributed by atoms with Gasteiger partial charge in [-0.05, 0) is 56.0 Å². The van der Waals surface area contributed by atoms with E-state index in [2.05, 4.69) is 22.6 Å². The topological polar surface area (TPSA) is 96.1 Å². The molecule has 1 aliphatic rings. The summed E-state index contributed by atoms with van der Waals surface area (Å²) >= 11 is 0. The Morgan fingerprint density at radius 2 is 2.09 bits per heavy atom. The number of benzene rings is 1. The summed E-state index contributed by atoms with van der Waals surface area (Å²) in [5, 5.41) is 16.6. The minimum absolute atomic E-state index is 0.0790. The number of nitrogens with zero attached hydrogens (tertiary/aromatic N) is 5. The third-order valence-electron chi connectivity index (χ3n) is 6.12. The Balaban J connectivity index is 1.47. The number of fused-ring (bicyclic) bond motifs is 1. The molecule has 0 spiro atoms. The number of aromatic nitrogens is 3. The first-order chi connectivity index (χ1) is 15.9. The molecular weight excluding hydrogens is 416 g/mol. The summed E-state index contributed by atoms with van der Waals surface area (Å²) in [5.41, 5.74) is 6.30. The van der Waals surface area contributed by atoms with Crippen molar-refractivity contribution < 1.29 is 9.53 Å². The first-order valence-corrected chi connectivity index (χ1v) is 11.0. The lowest BCUT2D eigenvalue weighted by Crippen LogP contribution is -2.52. The van der Waals surface area contributed by atoms with E-state index in [-0.39, 0.29) is 12.0 Å². The van der Waals surface area contributed by atoms with Crippen LogP contribution in [0, 0.1) is 18.3 Å². The highest BCUT2D eigenvalue weighted by Gasteiger charge is 2.36. The van der Waals surface area contributed by atoms with Gasteiger partial charge in [0.25, 0.3) is 0 Å². The molecule has 1 amide bonds. The number of anilines is 2. The van der Waals surface area contributed by atoms with Crippen molar-refractivity contribution in [3.8, 4) is 6.07 Å². The van der Waals surface area contributed by atoms with Crippen molar-refractivity contribution in [2.45, 2.75) is 45.4 Å². The maximum absolute atomic E-state index is 12.6. The highest BCUT2D eigenvalue weighted by Crippen LogP contribution is 2.35. The van der Waals surface area contributed by atoms with Gasteiger partial charge in [0, 0.05) is 26.0 Å². The van der Waals surface area contributed by atoms with Crippen molar-refractivity contribution in [2.75, 3.05) is 24.4 Å². The van der Waals surface area contributed by atoms with E-state index in [1.807, 2.05) is 61.1 Å². The van der Waals surface area contributed by atoms with Gasteiger partial charge in [0.05, 0.1) is 47.5 Å². The maximum atomic E-state index is 12.6. The standard InChI is InChI=1S/C25H28N6O2/c1-16-23-22(30(3)24(17(2)33-4)25(32)29-23)11-21(28-16)9-8-20-13-27-31(15-20)14-19-7-5-6-18(10-19)12-26/h5-7,10-11,13,15,17,24H,8-9,14H2,1-4H3,(H,29,32)/t17-,24+/m1/s1. The summed E-state index contributed by atoms with van der Waals surface area (Å²) in [6, 6.07) is 11.4. The molecule has 0 saturated heterocycles. The van der Waals surface area contributed by atoms with Crippen LogP contribution in [-0.4, -0.2) is 47.0 Å². The molecule has 0 radical (unpaired) electrons. The van der Waals surface area contributed by atoms with Gasteiger partial charge in [-0.2, -0.15) is 10.4 Å². The number of likely N-dealkylation sites (N-methyl/N-ethyl adjacent to an activating group) is 1. The Morgan fingerprint density at radius 1 is 1.27 bits per heavy atom. The first-order valence-electron chi connectivity index (χ1n) is 11.0. The average Bonchev–Trinajstić information content (AvgIpc) is 3.25. The molecule has 8 heteroatoms. The van der Waals surface area contributed by atoms with Gasteiger partial charge in [-0.3, -0.25) is 14.5 Å². The predicted molar refractivity (Wildman–Crippen MR) is 126 cm³/mol. The Hall–Kier alpha value is -3.70. The molecule has 3 aromatic rings. The molecule has 0 bridgehead atoms. The number of nitriles is 1. The van der Waals surface area contributed by atoms with Crippen LogP contribution in [0.2, 0.25) is 0 Å². The Bertz CT molecular complexity index is 1210. The first kappa shape index (κ1) is 22.5. The number of hydrogen-bond acceptors (Lipinski definition) is 6. The van der Waals surface area contributed by atoms with Crippen molar-refractivity contribution in [3.05, 3.63) is 70.8 Å². The van der Waals surface area contributed by atoms with Crippen molar-refractivity contribution in [3.63, 3.8) is 0 Å². The number of nitrogens with one attached hydrogen (secondary N) is 1. The number of rotatable bonds is 7. The molecule has 33 heavy (non-hydrogen) atoms. The van der Waals surface area contributed by atoms with Crippen LogP contribution in [0.5, 0.6) is 0 Å². The molecule has 0 aliphatic carbocycles. The fraction of sp³-hybridized carbons (Fsp3) is 0.360. The highest BCUT2D eigenvalue weighted by molar-refractivity contribution is 6.04. The molecule has 8 nitrogen and oxygen atoms in total. The second kappa shape index (κ2) is 9.43. The molecule has 0 saturated carbocycles. The lowest BCUT2D eigenvalue weighted by atomic mass is 10.0. The molecule has 0 fully saturated rings. The summed E-state index contributed by atoms with van der Waals surface area (Å²) in [7, 11) is 3.54. The van der Waals surface area contributed by atoms with Crippen LogP contribution in [-0.2, 0) is 28.9 Å². The number of carbonyl (C=O) groups excluding carboxylic acids is 1. The lowest BCUT2D eigenvalue weighted by molar-refractivity contribution is -0.120. The van der Waals surface area contributed by atoms with Crippen LogP contribution in [0.25, 0.3) is 0 Å². The van der Waals surface area contributed by atoms with Gasteiger partial charge in [-0.25, -0.2) is 0 Å². The van der Waals surface area contributed by atoms with E-state index in [1.54, 1.807) is 13.2 Å². The van der Waals surface area contributed by atoms with Gasteiger partial charge in [-0.15, -0.1) is 0 Å². The number of carbonyl (C=O) groups is 1. The summed E-state index contributed by atoms with van der Waals surface area (Å²) in [4.78, 5) is 19.3. The number of aryl methyl sites for hydroxylation is 3. The fourth-order valence-corrected chi connectivity index (χ4v) is 4.28. The molecule has 1 N–H and O–H groups in total. The molecule has 4 rings (SSSR count). The Labute approximate surface area is 193 Å². The minimum Gasteiger partial charge on any atom is -0.379 e. The molecule has 2 aromatic heterocycles. The summed E-state index contributed by atoms with van der Waals surface area (Å²) < 4.78 is 7.31. The molecule has 2 atom stereocenters. The number of pyridine rings is 1. The van der Waals surface area contributed by atoms with Crippen LogP contribution in [0.3, 0.4) is 0 Å². The van der Waals surface area contributed by atoms with E-state index >= 15 is 0 Å². The van der Waals surface area contributed by atoms with E-state index in [4.69, 9.17) is 15.0 Å². The largest absolute Gasteiger partial charge is 0.379 e. The fourth-order valence-electron chi connectivity index (χ4n) is 4.28. The second-order valence-corrected chi connectivity index (χ2v) is 8.44. The van der Waals surface area contributed by atoms with Crippen LogP contribution < -0.4 is 10.2 Å². The molecule has 3 heterocycles. The third kappa shape index (κ3) is 4.73. The molecule has 1 aliphatic heterocycles.